The predicted molar refractivity (Wildman–Crippen MR) is 102 cm³/mol. The second-order valence-corrected chi connectivity index (χ2v) is 6.80. The molecule has 27 heavy (non-hydrogen) atoms. The summed E-state index contributed by atoms with van der Waals surface area (Å²) in [7, 11) is 0. The van der Waals surface area contributed by atoms with Crippen LogP contribution in [0.3, 0.4) is 0 Å². The SMILES string of the molecule is O=C(CC=Cc1cccc(F)c1)N1CCC(C(=O)O)(c2ccccc2)CC1. The zero-order valence-electron chi connectivity index (χ0n) is 15.0. The molecule has 4 nitrogen and oxygen atoms in total. The zero-order chi connectivity index (χ0) is 19.3. The molecule has 2 aromatic carbocycles. The lowest BCUT2D eigenvalue weighted by molar-refractivity contribution is -0.148. The number of carboxylic acids is 1. The number of hydrogen-bond donors (Lipinski definition) is 1. The molecule has 1 fully saturated rings. The van der Waals surface area contributed by atoms with E-state index < -0.39 is 11.4 Å². The van der Waals surface area contributed by atoms with Gasteiger partial charge in [-0.15, -0.1) is 0 Å². The van der Waals surface area contributed by atoms with Crippen molar-refractivity contribution < 1.29 is 19.1 Å². The molecule has 1 N–H and O–H groups in total. The Morgan fingerprint density at radius 1 is 1.07 bits per heavy atom. The fourth-order valence-corrected chi connectivity index (χ4v) is 3.56. The maximum Gasteiger partial charge on any atom is 0.314 e. The molecule has 0 bridgehead atoms. The van der Waals surface area contributed by atoms with Crippen LogP contribution in [0.5, 0.6) is 0 Å². The van der Waals surface area contributed by atoms with E-state index >= 15 is 0 Å². The van der Waals surface area contributed by atoms with Crippen LogP contribution < -0.4 is 0 Å². The Morgan fingerprint density at radius 3 is 2.41 bits per heavy atom. The molecule has 0 spiro atoms. The number of nitrogens with zero attached hydrogens (tertiary/aromatic N) is 1. The van der Waals surface area contributed by atoms with Crippen LogP contribution in [0, 0.1) is 5.82 Å². The van der Waals surface area contributed by atoms with Gasteiger partial charge < -0.3 is 10.0 Å². The summed E-state index contributed by atoms with van der Waals surface area (Å²) in [6.45, 7) is 0.821. The number of carbonyl (C=O) groups excluding carboxylic acids is 1. The smallest absolute Gasteiger partial charge is 0.314 e. The lowest BCUT2D eigenvalue weighted by Gasteiger charge is -2.39. The van der Waals surface area contributed by atoms with E-state index in [1.807, 2.05) is 30.3 Å². The van der Waals surface area contributed by atoms with Crippen LogP contribution in [0.2, 0.25) is 0 Å². The summed E-state index contributed by atoms with van der Waals surface area (Å²) in [5.74, 6) is -1.20. The first-order valence-electron chi connectivity index (χ1n) is 9.00. The van der Waals surface area contributed by atoms with Crippen molar-refractivity contribution >= 4 is 18.0 Å². The molecule has 1 saturated heterocycles. The van der Waals surface area contributed by atoms with Crippen LogP contribution in [0.25, 0.3) is 6.08 Å². The molecule has 1 aliphatic heterocycles. The second-order valence-electron chi connectivity index (χ2n) is 6.80. The van der Waals surface area contributed by atoms with Gasteiger partial charge in [-0.3, -0.25) is 9.59 Å². The van der Waals surface area contributed by atoms with Crippen LogP contribution in [0.4, 0.5) is 4.39 Å². The molecule has 0 radical (unpaired) electrons. The molecule has 0 aliphatic carbocycles. The van der Waals surface area contributed by atoms with Crippen molar-refractivity contribution in [1.29, 1.82) is 0 Å². The summed E-state index contributed by atoms with van der Waals surface area (Å²) in [5.41, 5.74) is 0.557. The zero-order valence-corrected chi connectivity index (χ0v) is 15.0. The van der Waals surface area contributed by atoms with Crippen molar-refractivity contribution in [2.24, 2.45) is 0 Å². The maximum absolute atomic E-state index is 13.2. The topological polar surface area (TPSA) is 57.6 Å². The average molecular weight is 367 g/mol. The molecule has 1 aliphatic rings. The van der Waals surface area contributed by atoms with Gasteiger partial charge in [-0.1, -0.05) is 54.6 Å². The molecule has 1 heterocycles. The van der Waals surface area contributed by atoms with Gasteiger partial charge in [-0.05, 0) is 36.1 Å². The third kappa shape index (κ3) is 4.25. The summed E-state index contributed by atoms with van der Waals surface area (Å²) in [5, 5.41) is 9.81. The number of aliphatic carboxylic acids is 1. The molecule has 5 heteroatoms. The minimum atomic E-state index is -0.935. The van der Waals surface area contributed by atoms with Crippen molar-refractivity contribution in [3.05, 3.63) is 77.6 Å². The first-order chi connectivity index (χ1) is 13.0. The highest BCUT2D eigenvalue weighted by atomic mass is 19.1. The number of amides is 1. The Hall–Kier alpha value is -2.95. The van der Waals surface area contributed by atoms with Crippen molar-refractivity contribution in [2.75, 3.05) is 13.1 Å². The first-order valence-corrected chi connectivity index (χ1v) is 9.00. The van der Waals surface area contributed by atoms with Gasteiger partial charge in [0.15, 0.2) is 0 Å². The summed E-state index contributed by atoms with van der Waals surface area (Å²) in [4.78, 5) is 26.1. The van der Waals surface area contributed by atoms with E-state index in [-0.39, 0.29) is 18.1 Å². The molecular formula is C22H22FNO3. The Balaban J connectivity index is 1.61. The molecule has 0 unspecified atom stereocenters. The van der Waals surface area contributed by atoms with E-state index in [2.05, 4.69) is 0 Å². The highest BCUT2D eigenvalue weighted by Gasteiger charge is 2.43. The minimum absolute atomic E-state index is 0.0466. The van der Waals surface area contributed by atoms with Gasteiger partial charge in [0.25, 0.3) is 0 Å². The molecule has 0 atom stereocenters. The van der Waals surface area contributed by atoms with Gasteiger partial charge >= 0.3 is 5.97 Å². The van der Waals surface area contributed by atoms with E-state index in [0.717, 1.165) is 5.56 Å². The van der Waals surface area contributed by atoms with Gasteiger partial charge in [-0.25, -0.2) is 4.39 Å². The monoisotopic (exact) mass is 367 g/mol. The second kappa shape index (κ2) is 8.16. The number of carboxylic acid groups (broad SMARTS) is 1. The van der Waals surface area contributed by atoms with Gasteiger partial charge in [0.05, 0.1) is 5.41 Å². The largest absolute Gasteiger partial charge is 0.481 e. The predicted octanol–water partition coefficient (Wildman–Crippen LogP) is 3.87. The fourth-order valence-electron chi connectivity index (χ4n) is 3.56. The maximum atomic E-state index is 13.2. The van der Waals surface area contributed by atoms with Crippen LogP contribution in [0.15, 0.2) is 60.7 Å². The first kappa shape index (κ1) is 18.8. The van der Waals surface area contributed by atoms with E-state index in [1.54, 1.807) is 29.2 Å². The van der Waals surface area contributed by atoms with Crippen LogP contribution in [-0.4, -0.2) is 35.0 Å². The molecule has 2 aromatic rings. The third-order valence-electron chi connectivity index (χ3n) is 5.16. The fraction of sp³-hybridized carbons (Fsp3) is 0.273. The van der Waals surface area contributed by atoms with E-state index in [4.69, 9.17) is 0 Å². The molecular weight excluding hydrogens is 345 g/mol. The molecule has 1 amide bonds. The van der Waals surface area contributed by atoms with Gasteiger partial charge in [-0.2, -0.15) is 0 Å². The normalized spacial score (nSPS) is 16.4. The number of piperidine rings is 1. The number of carbonyl (C=O) groups is 2. The number of likely N-dealkylation sites (tertiary alicyclic amines) is 1. The number of hydrogen-bond acceptors (Lipinski definition) is 2. The van der Waals surface area contributed by atoms with Crippen LogP contribution >= 0.6 is 0 Å². The third-order valence-corrected chi connectivity index (χ3v) is 5.16. The lowest BCUT2D eigenvalue weighted by atomic mass is 9.73. The number of benzene rings is 2. The molecule has 3 rings (SSSR count). The highest BCUT2D eigenvalue weighted by molar-refractivity contribution is 5.83. The van der Waals surface area contributed by atoms with Gasteiger partial charge in [0.1, 0.15) is 5.82 Å². The summed E-state index contributed by atoms with van der Waals surface area (Å²) in [6, 6.07) is 15.4. The van der Waals surface area contributed by atoms with Gasteiger partial charge in [0.2, 0.25) is 5.91 Å². The number of rotatable bonds is 5. The van der Waals surface area contributed by atoms with E-state index in [9.17, 15) is 19.1 Å². The van der Waals surface area contributed by atoms with Crippen molar-refractivity contribution in [3.63, 3.8) is 0 Å². The quantitative estimate of drug-likeness (QED) is 0.873. The number of halogens is 1. The molecule has 140 valence electrons. The lowest BCUT2D eigenvalue weighted by Crippen LogP contribution is -2.49. The summed E-state index contributed by atoms with van der Waals surface area (Å²) >= 11 is 0. The van der Waals surface area contributed by atoms with Crippen molar-refractivity contribution in [1.82, 2.24) is 4.90 Å². The summed E-state index contributed by atoms with van der Waals surface area (Å²) in [6.07, 6.45) is 4.43. The van der Waals surface area contributed by atoms with Crippen molar-refractivity contribution in [3.8, 4) is 0 Å². The van der Waals surface area contributed by atoms with Gasteiger partial charge in [0, 0.05) is 19.5 Å². The highest BCUT2D eigenvalue weighted by Crippen LogP contribution is 2.36. The Morgan fingerprint density at radius 2 is 1.78 bits per heavy atom. The van der Waals surface area contributed by atoms with Crippen LogP contribution in [0.1, 0.15) is 30.4 Å². The Labute approximate surface area is 157 Å². The van der Waals surface area contributed by atoms with E-state index in [1.165, 1.54) is 12.1 Å². The molecule has 0 saturated carbocycles. The Bertz CT molecular complexity index is 840. The summed E-state index contributed by atoms with van der Waals surface area (Å²) < 4.78 is 13.2. The van der Waals surface area contributed by atoms with Crippen LogP contribution in [-0.2, 0) is 15.0 Å². The van der Waals surface area contributed by atoms with Crippen molar-refractivity contribution in [2.45, 2.75) is 24.7 Å². The minimum Gasteiger partial charge on any atom is -0.481 e. The van der Waals surface area contributed by atoms with E-state index in [0.29, 0.717) is 31.5 Å². The Kier molecular flexibility index (Phi) is 5.69. The average Bonchev–Trinajstić information content (AvgIpc) is 2.68. The standard InChI is InChI=1S/C22H22FNO3/c23-19-10-4-6-17(16-19)7-5-11-20(25)24-14-12-22(13-15-24,21(26)27)18-8-2-1-3-9-18/h1-10,16H,11-15H2,(H,26,27). The molecule has 0 aromatic heterocycles.